The van der Waals surface area contributed by atoms with Gasteiger partial charge in [0.2, 0.25) is 0 Å². The van der Waals surface area contributed by atoms with Crippen LogP contribution in [0.3, 0.4) is 0 Å². The summed E-state index contributed by atoms with van der Waals surface area (Å²) in [5, 5.41) is 3.11. The topological polar surface area (TPSA) is 67.9 Å². The molecule has 0 aliphatic carbocycles. The highest BCUT2D eigenvalue weighted by molar-refractivity contribution is 5.87. The van der Waals surface area contributed by atoms with Crippen molar-refractivity contribution >= 4 is 11.9 Å². The van der Waals surface area contributed by atoms with Crippen molar-refractivity contribution in [3.63, 3.8) is 0 Å². The highest BCUT2D eigenvalue weighted by Crippen LogP contribution is 2.17. The van der Waals surface area contributed by atoms with E-state index in [1.54, 1.807) is 11.8 Å². The van der Waals surface area contributed by atoms with E-state index in [0.29, 0.717) is 32.8 Å². The molecule has 2 heterocycles. The summed E-state index contributed by atoms with van der Waals surface area (Å²) in [6, 6.07) is -0.518. The number of nitrogens with zero attached hydrogens (tertiary/aromatic N) is 1. The van der Waals surface area contributed by atoms with Crippen molar-refractivity contribution in [3.05, 3.63) is 0 Å². The van der Waals surface area contributed by atoms with Crippen LogP contribution in [0.4, 0.5) is 0 Å². The molecule has 6 nitrogen and oxygen atoms in total. The van der Waals surface area contributed by atoms with Crippen LogP contribution in [0.1, 0.15) is 19.8 Å². The van der Waals surface area contributed by atoms with Gasteiger partial charge in [-0.25, -0.2) is 4.79 Å². The number of hydrogen-bond acceptors (Lipinski definition) is 5. The summed E-state index contributed by atoms with van der Waals surface area (Å²) in [5.41, 5.74) is 0. The van der Waals surface area contributed by atoms with Gasteiger partial charge in [-0.05, 0) is 19.8 Å². The monoisotopic (exact) mass is 256 g/mol. The van der Waals surface area contributed by atoms with Crippen molar-refractivity contribution in [1.29, 1.82) is 0 Å². The van der Waals surface area contributed by atoms with E-state index in [9.17, 15) is 9.59 Å². The van der Waals surface area contributed by atoms with Gasteiger partial charge in [0.15, 0.2) is 0 Å². The Morgan fingerprint density at radius 2 is 2.33 bits per heavy atom. The van der Waals surface area contributed by atoms with E-state index in [0.717, 1.165) is 12.8 Å². The molecule has 2 aliphatic rings. The van der Waals surface area contributed by atoms with Gasteiger partial charge in [0.25, 0.3) is 5.91 Å². The third kappa shape index (κ3) is 2.81. The molecule has 2 atom stereocenters. The minimum absolute atomic E-state index is 0.0768. The maximum absolute atomic E-state index is 12.3. The molecule has 0 aromatic heterocycles. The predicted octanol–water partition coefficient (Wildman–Crippen LogP) is -0.471. The van der Waals surface area contributed by atoms with Crippen molar-refractivity contribution < 1.29 is 19.1 Å². The SMILES string of the molecule is CCOC(=O)C1CNCCN1C(=O)C1CCCO1. The van der Waals surface area contributed by atoms with Crippen LogP contribution >= 0.6 is 0 Å². The summed E-state index contributed by atoms with van der Waals surface area (Å²) in [7, 11) is 0. The molecule has 0 saturated carbocycles. The van der Waals surface area contributed by atoms with E-state index in [4.69, 9.17) is 9.47 Å². The van der Waals surface area contributed by atoms with Crippen LogP contribution in [-0.4, -0.2) is 61.8 Å². The second kappa shape index (κ2) is 6.15. The van der Waals surface area contributed by atoms with Gasteiger partial charge < -0.3 is 19.7 Å². The van der Waals surface area contributed by atoms with Crippen LogP contribution in [0.2, 0.25) is 0 Å². The summed E-state index contributed by atoms with van der Waals surface area (Å²) in [6.45, 7) is 4.41. The third-order valence-electron chi connectivity index (χ3n) is 3.29. The first-order valence-electron chi connectivity index (χ1n) is 6.53. The van der Waals surface area contributed by atoms with Gasteiger partial charge in [0.05, 0.1) is 6.61 Å². The number of amides is 1. The average molecular weight is 256 g/mol. The number of esters is 1. The minimum atomic E-state index is -0.518. The van der Waals surface area contributed by atoms with Crippen LogP contribution < -0.4 is 5.32 Å². The summed E-state index contributed by atoms with van der Waals surface area (Å²) < 4.78 is 10.4. The van der Waals surface area contributed by atoms with Gasteiger partial charge in [0.1, 0.15) is 12.1 Å². The van der Waals surface area contributed by atoms with Crippen molar-refractivity contribution in [2.75, 3.05) is 32.8 Å². The van der Waals surface area contributed by atoms with Gasteiger partial charge in [-0.15, -0.1) is 0 Å². The zero-order valence-electron chi connectivity index (χ0n) is 10.7. The van der Waals surface area contributed by atoms with Crippen LogP contribution in [0, 0.1) is 0 Å². The molecule has 2 fully saturated rings. The fraction of sp³-hybridized carbons (Fsp3) is 0.833. The first-order valence-corrected chi connectivity index (χ1v) is 6.53. The van der Waals surface area contributed by atoms with Crippen molar-refractivity contribution in [3.8, 4) is 0 Å². The van der Waals surface area contributed by atoms with Crippen LogP contribution in [-0.2, 0) is 19.1 Å². The Morgan fingerprint density at radius 1 is 1.50 bits per heavy atom. The van der Waals surface area contributed by atoms with Crippen LogP contribution in [0.5, 0.6) is 0 Å². The molecule has 2 rings (SSSR count). The van der Waals surface area contributed by atoms with Gasteiger partial charge in [0, 0.05) is 26.2 Å². The smallest absolute Gasteiger partial charge is 0.330 e. The summed E-state index contributed by atoms with van der Waals surface area (Å²) in [4.78, 5) is 25.7. The Hall–Kier alpha value is -1.14. The molecule has 102 valence electrons. The van der Waals surface area contributed by atoms with Gasteiger partial charge in [-0.3, -0.25) is 4.79 Å². The first-order chi connectivity index (χ1) is 8.74. The second-order valence-corrected chi connectivity index (χ2v) is 4.51. The van der Waals surface area contributed by atoms with E-state index in [1.807, 2.05) is 0 Å². The Labute approximate surface area is 107 Å². The summed E-state index contributed by atoms with van der Waals surface area (Å²) in [6.07, 6.45) is 1.28. The zero-order chi connectivity index (χ0) is 13.0. The maximum atomic E-state index is 12.3. The van der Waals surface area contributed by atoms with Crippen molar-refractivity contribution in [2.24, 2.45) is 0 Å². The molecular formula is C12H20N2O4. The number of carbonyl (C=O) groups excluding carboxylic acids is 2. The number of rotatable bonds is 3. The zero-order valence-corrected chi connectivity index (χ0v) is 10.7. The Bertz CT molecular complexity index is 315. The molecule has 6 heteroatoms. The van der Waals surface area contributed by atoms with Crippen LogP contribution in [0.25, 0.3) is 0 Å². The summed E-state index contributed by atoms with van der Waals surface area (Å²) in [5.74, 6) is -0.414. The number of hydrogen-bond donors (Lipinski definition) is 1. The standard InChI is InChI=1S/C12H20N2O4/c1-2-17-12(16)9-8-13-5-6-14(9)11(15)10-4-3-7-18-10/h9-10,13H,2-8H2,1H3. The minimum Gasteiger partial charge on any atom is -0.464 e. The molecule has 1 amide bonds. The maximum Gasteiger partial charge on any atom is 0.330 e. The molecule has 2 aliphatic heterocycles. The highest BCUT2D eigenvalue weighted by Gasteiger charge is 2.37. The van der Waals surface area contributed by atoms with E-state index in [-0.39, 0.29) is 18.0 Å². The fourth-order valence-electron chi connectivity index (χ4n) is 2.37. The molecule has 0 radical (unpaired) electrons. The predicted molar refractivity (Wildman–Crippen MR) is 64.0 cm³/mol. The molecule has 18 heavy (non-hydrogen) atoms. The average Bonchev–Trinajstić information content (AvgIpc) is 2.92. The second-order valence-electron chi connectivity index (χ2n) is 4.51. The van der Waals surface area contributed by atoms with Gasteiger partial charge in [-0.1, -0.05) is 0 Å². The number of carbonyl (C=O) groups is 2. The molecular weight excluding hydrogens is 236 g/mol. The normalized spacial score (nSPS) is 28.2. The van der Waals surface area contributed by atoms with Crippen LogP contribution in [0.15, 0.2) is 0 Å². The largest absolute Gasteiger partial charge is 0.464 e. The Morgan fingerprint density at radius 3 is 3.00 bits per heavy atom. The lowest BCUT2D eigenvalue weighted by Gasteiger charge is -2.35. The molecule has 2 unspecified atom stereocenters. The lowest BCUT2D eigenvalue weighted by Crippen LogP contribution is -2.59. The molecule has 0 spiro atoms. The molecule has 0 aromatic rings. The molecule has 0 bridgehead atoms. The third-order valence-corrected chi connectivity index (χ3v) is 3.29. The van der Waals surface area contributed by atoms with E-state index < -0.39 is 6.04 Å². The van der Waals surface area contributed by atoms with Gasteiger partial charge >= 0.3 is 5.97 Å². The molecule has 2 saturated heterocycles. The Balaban J connectivity index is 2.02. The lowest BCUT2D eigenvalue weighted by molar-refractivity contribution is -0.159. The molecule has 1 N–H and O–H groups in total. The summed E-state index contributed by atoms with van der Waals surface area (Å²) >= 11 is 0. The van der Waals surface area contributed by atoms with E-state index >= 15 is 0 Å². The van der Waals surface area contributed by atoms with Crippen molar-refractivity contribution in [1.82, 2.24) is 10.2 Å². The Kier molecular flexibility index (Phi) is 4.54. The van der Waals surface area contributed by atoms with E-state index in [1.165, 1.54) is 0 Å². The van der Waals surface area contributed by atoms with Crippen molar-refractivity contribution in [2.45, 2.75) is 31.9 Å². The number of piperazine rings is 1. The highest BCUT2D eigenvalue weighted by atomic mass is 16.5. The van der Waals surface area contributed by atoms with E-state index in [2.05, 4.69) is 5.32 Å². The number of nitrogens with one attached hydrogen (secondary N) is 1. The first kappa shape index (κ1) is 13.3. The molecule has 0 aromatic carbocycles. The fourth-order valence-corrected chi connectivity index (χ4v) is 2.37. The quantitative estimate of drug-likeness (QED) is 0.691. The lowest BCUT2D eigenvalue weighted by atomic mass is 10.1. The van der Waals surface area contributed by atoms with Gasteiger partial charge in [-0.2, -0.15) is 0 Å². The number of ether oxygens (including phenoxy) is 2.